The van der Waals surface area contributed by atoms with Crippen LogP contribution in [0.15, 0.2) is 28.8 Å². The van der Waals surface area contributed by atoms with Gasteiger partial charge in [-0.05, 0) is 51.0 Å². The van der Waals surface area contributed by atoms with Gasteiger partial charge in [-0.15, -0.1) is 11.3 Å². The lowest BCUT2D eigenvalue weighted by molar-refractivity contribution is 0.0708. The Morgan fingerprint density at radius 1 is 1.19 bits per heavy atom. The molecule has 1 aliphatic rings. The van der Waals surface area contributed by atoms with Crippen molar-refractivity contribution in [2.75, 3.05) is 13.1 Å². The molecule has 140 valence electrons. The third kappa shape index (κ3) is 3.62. The van der Waals surface area contributed by atoms with Gasteiger partial charge >= 0.3 is 0 Å². The fourth-order valence-electron chi connectivity index (χ4n) is 3.32. The largest absolute Gasteiger partial charge is 0.339 e. The molecule has 4 rings (SSSR count). The second-order valence-electron chi connectivity index (χ2n) is 6.68. The molecular formula is C19H19FN4O2S. The van der Waals surface area contributed by atoms with Gasteiger partial charge in [-0.2, -0.15) is 4.98 Å². The minimum absolute atomic E-state index is 0.0501. The molecule has 1 aliphatic heterocycles. The van der Waals surface area contributed by atoms with Gasteiger partial charge in [-0.25, -0.2) is 9.37 Å². The topological polar surface area (TPSA) is 72.1 Å². The van der Waals surface area contributed by atoms with Gasteiger partial charge in [0.2, 0.25) is 11.7 Å². The summed E-state index contributed by atoms with van der Waals surface area (Å²) < 4.78 is 18.5. The lowest BCUT2D eigenvalue weighted by Gasteiger charge is -2.30. The molecule has 0 saturated carbocycles. The number of aryl methyl sites for hydroxylation is 2. The summed E-state index contributed by atoms with van der Waals surface area (Å²) in [5.41, 5.74) is 1.51. The fourth-order valence-corrected chi connectivity index (χ4v) is 4.21. The van der Waals surface area contributed by atoms with E-state index in [0.29, 0.717) is 24.8 Å². The van der Waals surface area contributed by atoms with Crippen molar-refractivity contribution in [1.29, 1.82) is 0 Å². The predicted octanol–water partition coefficient (Wildman–Crippen LogP) is 3.97. The van der Waals surface area contributed by atoms with Gasteiger partial charge in [-0.3, -0.25) is 4.79 Å². The van der Waals surface area contributed by atoms with Crippen LogP contribution in [0.3, 0.4) is 0 Å². The number of hydrogen-bond donors (Lipinski definition) is 0. The van der Waals surface area contributed by atoms with Crippen LogP contribution < -0.4 is 0 Å². The van der Waals surface area contributed by atoms with Crippen LogP contribution in [0.5, 0.6) is 0 Å². The molecule has 1 saturated heterocycles. The number of piperidine rings is 1. The highest BCUT2D eigenvalue weighted by atomic mass is 32.1. The van der Waals surface area contributed by atoms with Crippen molar-refractivity contribution in [2.24, 2.45) is 0 Å². The monoisotopic (exact) mass is 386 g/mol. The summed E-state index contributed by atoms with van der Waals surface area (Å²) in [6, 6.07) is 6.01. The van der Waals surface area contributed by atoms with Gasteiger partial charge in [0.15, 0.2) is 0 Å². The third-order valence-corrected chi connectivity index (χ3v) is 5.83. The van der Waals surface area contributed by atoms with Gasteiger partial charge < -0.3 is 9.42 Å². The van der Waals surface area contributed by atoms with E-state index in [4.69, 9.17) is 4.52 Å². The molecule has 0 N–H and O–H groups in total. The Kier molecular flexibility index (Phi) is 4.73. The molecule has 1 amide bonds. The molecule has 0 atom stereocenters. The number of carbonyl (C=O) groups excluding carboxylic acids is 1. The van der Waals surface area contributed by atoms with Crippen molar-refractivity contribution >= 4 is 17.2 Å². The Balaban J connectivity index is 1.41. The molecule has 0 bridgehead atoms. The normalized spacial score (nSPS) is 15.3. The molecule has 0 radical (unpaired) electrons. The number of thiazole rings is 1. The van der Waals surface area contributed by atoms with Crippen molar-refractivity contribution in [3.05, 3.63) is 51.6 Å². The minimum Gasteiger partial charge on any atom is -0.339 e. The smallest absolute Gasteiger partial charge is 0.265 e. The van der Waals surface area contributed by atoms with E-state index in [0.717, 1.165) is 34.0 Å². The second kappa shape index (κ2) is 7.19. The van der Waals surface area contributed by atoms with Crippen LogP contribution in [0.1, 0.15) is 45.0 Å². The van der Waals surface area contributed by atoms with E-state index in [2.05, 4.69) is 15.1 Å². The molecule has 0 spiro atoms. The Morgan fingerprint density at radius 3 is 2.52 bits per heavy atom. The number of halogens is 1. The van der Waals surface area contributed by atoms with Crippen LogP contribution in [-0.2, 0) is 0 Å². The molecule has 27 heavy (non-hydrogen) atoms. The first-order valence-electron chi connectivity index (χ1n) is 8.84. The SMILES string of the molecule is Cc1nc(C)c(C(=O)N2CCC(c3nc(-c4ccc(F)cc4)no3)CC2)s1. The van der Waals surface area contributed by atoms with Gasteiger partial charge in [0, 0.05) is 24.6 Å². The summed E-state index contributed by atoms with van der Waals surface area (Å²) in [6.07, 6.45) is 1.54. The summed E-state index contributed by atoms with van der Waals surface area (Å²) >= 11 is 1.45. The Hall–Kier alpha value is -2.61. The second-order valence-corrected chi connectivity index (χ2v) is 7.88. The highest BCUT2D eigenvalue weighted by Gasteiger charge is 2.29. The predicted molar refractivity (Wildman–Crippen MR) is 99.2 cm³/mol. The molecule has 3 aromatic rings. The number of nitrogens with zero attached hydrogens (tertiary/aromatic N) is 4. The number of rotatable bonds is 3. The van der Waals surface area contributed by atoms with E-state index < -0.39 is 0 Å². The maximum atomic E-state index is 13.0. The molecule has 0 unspecified atom stereocenters. The number of hydrogen-bond acceptors (Lipinski definition) is 6. The van der Waals surface area contributed by atoms with Gasteiger partial charge in [0.25, 0.3) is 5.91 Å². The summed E-state index contributed by atoms with van der Waals surface area (Å²) in [6.45, 7) is 5.08. The van der Waals surface area contributed by atoms with Crippen molar-refractivity contribution < 1.29 is 13.7 Å². The van der Waals surface area contributed by atoms with Crippen molar-refractivity contribution in [3.63, 3.8) is 0 Å². The zero-order valence-electron chi connectivity index (χ0n) is 15.1. The van der Waals surface area contributed by atoms with Crippen LogP contribution in [0.2, 0.25) is 0 Å². The van der Waals surface area contributed by atoms with E-state index in [-0.39, 0.29) is 17.6 Å². The first-order chi connectivity index (χ1) is 13.0. The number of carbonyl (C=O) groups is 1. The Labute approximate surface area is 160 Å². The van der Waals surface area contributed by atoms with E-state index in [1.165, 1.54) is 23.5 Å². The average molecular weight is 386 g/mol. The number of amides is 1. The molecule has 1 fully saturated rings. The van der Waals surface area contributed by atoms with Gasteiger partial charge in [0.1, 0.15) is 10.7 Å². The minimum atomic E-state index is -0.300. The van der Waals surface area contributed by atoms with Crippen molar-refractivity contribution in [1.82, 2.24) is 20.0 Å². The van der Waals surface area contributed by atoms with Crippen molar-refractivity contribution in [3.8, 4) is 11.4 Å². The van der Waals surface area contributed by atoms with Crippen LogP contribution in [0.4, 0.5) is 4.39 Å². The van der Waals surface area contributed by atoms with Crippen LogP contribution in [-0.4, -0.2) is 39.0 Å². The molecule has 0 aliphatic carbocycles. The summed E-state index contributed by atoms with van der Waals surface area (Å²) in [4.78, 5) is 24.1. The number of likely N-dealkylation sites (tertiary alicyclic amines) is 1. The van der Waals surface area contributed by atoms with Gasteiger partial charge in [-0.1, -0.05) is 5.16 Å². The van der Waals surface area contributed by atoms with Gasteiger partial charge in [0.05, 0.1) is 10.7 Å². The van der Waals surface area contributed by atoms with E-state index in [1.54, 1.807) is 12.1 Å². The molecule has 2 aromatic heterocycles. The summed E-state index contributed by atoms with van der Waals surface area (Å²) in [5, 5.41) is 4.92. The molecule has 6 nitrogen and oxygen atoms in total. The highest BCUT2D eigenvalue weighted by Crippen LogP contribution is 2.30. The highest BCUT2D eigenvalue weighted by molar-refractivity contribution is 7.13. The lowest BCUT2D eigenvalue weighted by Crippen LogP contribution is -2.37. The Morgan fingerprint density at radius 2 is 1.89 bits per heavy atom. The van der Waals surface area contributed by atoms with Crippen molar-refractivity contribution in [2.45, 2.75) is 32.6 Å². The lowest BCUT2D eigenvalue weighted by atomic mass is 9.96. The fraction of sp³-hybridized carbons (Fsp3) is 0.368. The molecule has 1 aromatic carbocycles. The van der Waals surface area contributed by atoms with E-state index in [1.807, 2.05) is 18.7 Å². The summed E-state index contributed by atoms with van der Waals surface area (Å²) in [5.74, 6) is 0.908. The first kappa shape index (κ1) is 17.8. The zero-order valence-corrected chi connectivity index (χ0v) is 15.9. The first-order valence-corrected chi connectivity index (χ1v) is 9.66. The zero-order chi connectivity index (χ0) is 19.0. The quantitative estimate of drug-likeness (QED) is 0.681. The summed E-state index contributed by atoms with van der Waals surface area (Å²) in [7, 11) is 0. The molecular weight excluding hydrogens is 367 g/mol. The van der Waals surface area contributed by atoms with E-state index in [9.17, 15) is 9.18 Å². The number of benzene rings is 1. The standard InChI is InChI=1S/C19H19FN4O2S/c1-11-16(27-12(2)21-11)19(25)24-9-7-14(8-10-24)18-22-17(23-26-18)13-3-5-15(20)6-4-13/h3-6,14H,7-10H2,1-2H3. The van der Waals surface area contributed by atoms with Crippen LogP contribution in [0, 0.1) is 19.7 Å². The maximum absolute atomic E-state index is 13.0. The number of aromatic nitrogens is 3. The maximum Gasteiger partial charge on any atom is 0.265 e. The molecule has 8 heteroatoms. The Bertz CT molecular complexity index is 959. The average Bonchev–Trinajstić information content (AvgIpc) is 3.28. The van der Waals surface area contributed by atoms with E-state index >= 15 is 0 Å². The van der Waals surface area contributed by atoms with Crippen LogP contribution in [0.25, 0.3) is 11.4 Å². The van der Waals surface area contributed by atoms with Crippen LogP contribution >= 0.6 is 11.3 Å². The molecule has 3 heterocycles. The third-order valence-electron chi connectivity index (χ3n) is 4.77.